The third-order valence-electron chi connectivity index (χ3n) is 10.3. The highest BCUT2D eigenvalue weighted by Crippen LogP contribution is 2.61. The van der Waals surface area contributed by atoms with E-state index in [1.807, 2.05) is 6.07 Å². The Bertz CT molecular complexity index is 2330. The molecule has 0 amide bonds. The first-order chi connectivity index (χ1) is 24.0. The van der Waals surface area contributed by atoms with Gasteiger partial charge in [-0.2, -0.15) is 0 Å². The van der Waals surface area contributed by atoms with E-state index >= 15 is 0 Å². The number of aryl methyl sites for hydroxylation is 3. The van der Waals surface area contributed by atoms with Crippen LogP contribution in [0.5, 0.6) is 23.0 Å². The monoisotopic (exact) mass is 629 g/mol. The zero-order chi connectivity index (χ0) is 32.8. The topological polar surface area (TPSA) is 21.7 Å². The average molecular weight is 630 g/mol. The SMILES string of the molecule is Cc1cc(C)c(B2c3cc(-c4ccccc4)cc4c3N3c5c(cc(-c6ccccc6)cc5Oc5cc(-c6ccccc6)cc2c53)O4)c(C)c1. The Labute approximate surface area is 287 Å². The minimum absolute atomic E-state index is 0.0365. The molecule has 49 heavy (non-hydrogen) atoms. The highest BCUT2D eigenvalue weighted by atomic mass is 16.5. The summed E-state index contributed by atoms with van der Waals surface area (Å²) in [6.45, 7) is 6.67. The number of benzene rings is 7. The molecule has 7 aromatic carbocycles. The van der Waals surface area contributed by atoms with Crippen molar-refractivity contribution in [1.82, 2.24) is 0 Å². The summed E-state index contributed by atoms with van der Waals surface area (Å²) < 4.78 is 14.0. The molecule has 0 aliphatic carbocycles. The molecule has 0 fully saturated rings. The van der Waals surface area contributed by atoms with E-state index in [4.69, 9.17) is 9.47 Å². The molecular weight excluding hydrogens is 597 g/mol. The average Bonchev–Trinajstić information content (AvgIpc) is 3.13. The lowest BCUT2D eigenvalue weighted by Crippen LogP contribution is -2.59. The van der Waals surface area contributed by atoms with Crippen LogP contribution in [0.3, 0.4) is 0 Å². The van der Waals surface area contributed by atoms with E-state index in [9.17, 15) is 0 Å². The fourth-order valence-corrected chi connectivity index (χ4v) is 8.38. The molecule has 0 saturated carbocycles. The Kier molecular flexibility index (Phi) is 6.01. The van der Waals surface area contributed by atoms with Crippen LogP contribution in [0, 0.1) is 20.8 Å². The molecule has 3 heterocycles. The fourth-order valence-electron chi connectivity index (χ4n) is 8.38. The van der Waals surface area contributed by atoms with Gasteiger partial charge in [-0.1, -0.05) is 137 Å². The number of hydrogen-bond acceptors (Lipinski definition) is 3. The zero-order valence-electron chi connectivity index (χ0n) is 27.6. The third-order valence-corrected chi connectivity index (χ3v) is 10.3. The van der Waals surface area contributed by atoms with Crippen molar-refractivity contribution in [2.75, 3.05) is 4.90 Å². The number of nitrogens with zero attached hydrogens (tertiary/aromatic N) is 1. The Hall–Kier alpha value is -6.00. The van der Waals surface area contributed by atoms with Gasteiger partial charge in [0.1, 0.15) is 5.69 Å². The molecule has 7 aromatic rings. The van der Waals surface area contributed by atoms with Gasteiger partial charge in [0.2, 0.25) is 6.71 Å². The van der Waals surface area contributed by atoms with Gasteiger partial charge in [0.25, 0.3) is 0 Å². The van der Waals surface area contributed by atoms with Crippen LogP contribution in [0.2, 0.25) is 0 Å². The molecule has 0 atom stereocenters. The van der Waals surface area contributed by atoms with Gasteiger partial charge in [0, 0.05) is 0 Å². The summed E-state index contributed by atoms with van der Waals surface area (Å²) in [7, 11) is 0. The molecule has 3 aliphatic heterocycles. The molecule has 232 valence electrons. The van der Waals surface area contributed by atoms with E-state index in [1.165, 1.54) is 33.1 Å². The molecule has 0 bridgehead atoms. The van der Waals surface area contributed by atoms with Crippen molar-refractivity contribution >= 4 is 40.2 Å². The van der Waals surface area contributed by atoms with Crippen molar-refractivity contribution in [3.05, 3.63) is 156 Å². The maximum Gasteiger partial charge on any atom is 0.247 e. The first kappa shape index (κ1) is 28.1. The quantitative estimate of drug-likeness (QED) is 0.181. The van der Waals surface area contributed by atoms with Crippen LogP contribution >= 0.6 is 0 Å². The van der Waals surface area contributed by atoms with Crippen molar-refractivity contribution < 1.29 is 9.47 Å². The van der Waals surface area contributed by atoms with Gasteiger partial charge < -0.3 is 9.47 Å². The Morgan fingerprint density at radius 1 is 0.408 bits per heavy atom. The summed E-state index contributed by atoms with van der Waals surface area (Å²) in [4.78, 5) is 2.43. The Morgan fingerprint density at radius 3 is 1.18 bits per heavy atom. The molecule has 0 radical (unpaired) electrons. The highest BCUT2D eigenvalue weighted by molar-refractivity contribution is 6.98. The van der Waals surface area contributed by atoms with Gasteiger partial charge in [0.15, 0.2) is 23.0 Å². The lowest BCUT2D eigenvalue weighted by atomic mass is 9.33. The van der Waals surface area contributed by atoms with Crippen molar-refractivity contribution in [1.29, 1.82) is 0 Å². The molecule has 0 aromatic heterocycles. The number of hydrogen-bond donors (Lipinski definition) is 0. The Balaban J connectivity index is 1.32. The van der Waals surface area contributed by atoms with Gasteiger partial charge in [-0.15, -0.1) is 0 Å². The minimum Gasteiger partial charge on any atom is -0.453 e. The molecule has 4 heteroatoms. The van der Waals surface area contributed by atoms with E-state index in [0.29, 0.717) is 0 Å². The van der Waals surface area contributed by atoms with Crippen molar-refractivity contribution in [3.63, 3.8) is 0 Å². The van der Waals surface area contributed by atoms with Gasteiger partial charge >= 0.3 is 0 Å². The van der Waals surface area contributed by atoms with Gasteiger partial charge in [-0.25, -0.2) is 0 Å². The van der Waals surface area contributed by atoms with Crippen LogP contribution in [0.25, 0.3) is 33.4 Å². The van der Waals surface area contributed by atoms with Crippen molar-refractivity contribution in [3.8, 4) is 56.4 Å². The smallest absolute Gasteiger partial charge is 0.247 e. The van der Waals surface area contributed by atoms with E-state index in [2.05, 4.69) is 159 Å². The number of rotatable bonds is 4. The minimum atomic E-state index is -0.0365. The summed E-state index contributed by atoms with van der Waals surface area (Å²) in [6.07, 6.45) is 0. The van der Waals surface area contributed by atoms with Crippen LogP contribution in [0.1, 0.15) is 16.7 Å². The van der Waals surface area contributed by atoms with Crippen LogP contribution in [0.15, 0.2) is 140 Å². The zero-order valence-corrected chi connectivity index (χ0v) is 27.6. The predicted octanol–water partition coefficient (Wildman–Crippen LogP) is 10.1. The molecule has 3 nitrogen and oxygen atoms in total. The molecule has 0 unspecified atom stereocenters. The number of anilines is 3. The van der Waals surface area contributed by atoms with E-state index in [1.54, 1.807) is 0 Å². The maximum atomic E-state index is 7.01. The molecule has 0 N–H and O–H groups in total. The normalized spacial score (nSPS) is 13.0. The summed E-state index contributed by atoms with van der Waals surface area (Å²) in [5, 5.41) is 0. The largest absolute Gasteiger partial charge is 0.453 e. The van der Waals surface area contributed by atoms with E-state index in [0.717, 1.165) is 73.4 Å². The standard InChI is InChI=1S/C45H32BNO2/c1-27-19-28(2)42(29(3)20-27)46-36-21-33(30-13-7-4-8-14-30)23-38-43(36)47-44-37(46)22-34(31-15-9-5-10-16-31)24-39(44)49-41-26-35(25-40(48-38)45(41)47)32-17-11-6-12-18-32/h4-26H,1-3H3. The highest BCUT2D eigenvalue weighted by Gasteiger charge is 2.46. The first-order valence-corrected chi connectivity index (χ1v) is 17.0. The van der Waals surface area contributed by atoms with Gasteiger partial charge in [0.05, 0.1) is 11.4 Å². The van der Waals surface area contributed by atoms with Crippen LogP contribution in [-0.4, -0.2) is 6.71 Å². The molecule has 3 aliphatic rings. The first-order valence-electron chi connectivity index (χ1n) is 17.0. The number of ether oxygens (including phenoxy) is 2. The van der Waals surface area contributed by atoms with Gasteiger partial charge in [-0.3, -0.25) is 4.90 Å². The predicted molar refractivity (Wildman–Crippen MR) is 203 cm³/mol. The van der Waals surface area contributed by atoms with Crippen LogP contribution in [-0.2, 0) is 0 Å². The molecule has 0 saturated heterocycles. The Morgan fingerprint density at radius 2 is 0.776 bits per heavy atom. The molecule has 0 spiro atoms. The lowest BCUT2D eigenvalue weighted by molar-refractivity contribution is 0.447. The van der Waals surface area contributed by atoms with Crippen LogP contribution in [0.4, 0.5) is 17.1 Å². The van der Waals surface area contributed by atoms with Crippen molar-refractivity contribution in [2.24, 2.45) is 0 Å². The second-order valence-corrected chi connectivity index (χ2v) is 13.5. The van der Waals surface area contributed by atoms with Crippen molar-refractivity contribution in [2.45, 2.75) is 20.8 Å². The molecule has 10 rings (SSSR count). The lowest BCUT2D eigenvalue weighted by Gasteiger charge is -2.45. The third kappa shape index (κ3) is 4.23. The summed E-state index contributed by atoms with van der Waals surface area (Å²) in [5.74, 6) is 3.31. The summed E-state index contributed by atoms with van der Waals surface area (Å²) in [5.41, 5.74) is 17.6. The second kappa shape index (κ2) is 10.5. The second-order valence-electron chi connectivity index (χ2n) is 13.5. The summed E-state index contributed by atoms with van der Waals surface area (Å²) >= 11 is 0. The van der Waals surface area contributed by atoms with E-state index < -0.39 is 0 Å². The summed E-state index contributed by atoms with van der Waals surface area (Å²) in [6, 6.07) is 50.0. The van der Waals surface area contributed by atoms with E-state index in [-0.39, 0.29) is 6.71 Å². The maximum absolute atomic E-state index is 7.01. The fraction of sp³-hybridized carbons (Fsp3) is 0.0667. The molecular formula is C45H32BNO2. The van der Waals surface area contributed by atoms with Crippen LogP contribution < -0.4 is 30.8 Å². The van der Waals surface area contributed by atoms with Gasteiger partial charge in [-0.05, 0) is 89.3 Å².